The zero-order valence-corrected chi connectivity index (χ0v) is 15.2. The summed E-state index contributed by atoms with van der Waals surface area (Å²) in [6.07, 6.45) is 3.06. The number of carbonyl (C=O) groups excluding carboxylic acids is 1. The van der Waals surface area contributed by atoms with Crippen LogP contribution in [-0.4, -0.2) is 15.9 Å². The van der Waals surface area contributed by atoms with Crippen molar-refractivity contribution in [1.82, 2.24) is 9.97 Å². The van der Waals surface area contributed by atoms with Gasteiger partial charge >= 0.3 is 0 Å². The smallest absolute Gasteiger partial charge is 0.275 e. The number of benzene rings is 2. The molecule has 1 heterocycles. The molecule has 0 saturated carbocycles. The topological polar surface area (TPSA) is 66.9 Å². The van der Waals surface area contributed by atoms with E-state index >= 15 is 0 Å². The second-order valence-corrected chi connectivity index (χ2v) is 6.32. The van der Waals surface area contributed by atoms with Gasteiger partial charge in [-0.25, -0.2) is 9.97 Å². The van der Waals surface area contributed by atoms with Crippen LogP contribution in [0, 0.1) is 13.8 Å². The van der Waals surface area contributed by atoms with E-state index in [9.17, 15) is 4.79 Å². The fourth-order valence-corrected chi connectivity index (χ4v) is 2.58. The van der Waals surface area contributed by atoms with Gasteiger partial charge < -0.3 is 10.6 Å². The molecular weight excluding hydrogens is 324 g/mol. The maximum Gasteiger partial charge on any atom is 0.275 e. The van der Waals surface area contributed by atoms with Gasteiger partial charge in [0, 0.05) is 11.7 Å². The molecule has 0 aliphatic carbocycles. The van der Waals surface area contributed by atoms with E-state index < -0.39 is 0 Å². The number of aromatic nitrogens is 2. The van der Waals surface area contributed by atoms with Crippen LogP contribution in [0.2, 0.25) is 0 Å². The van der Waals surface area contributed by atoms with Gasteiger partial charge in [-0.05, 0) is 49.6 Å². The number of amides is 1. The Hall–Kier alpha value is -3.21. The normalized spacial score (nSPS) is 11.7. The lowest BCUT2D eigenvalue weighted by Crippen LogP contribution is -2.15. The first-order valence-corrected chi connectivity index (χ1v) is 8.55. The van der Waals surface area contributed by atoms with E-state index in [1.807, 2.05) is 50.2 Å². The zero-order valence-electron chi connectivity index (χ0n) is 15.2. The number of hydrogen-bond donors (Lipinski definition) is 2. The van der Waals surface area contributed by atoms with Crippen LogP contribution in [0.3, 0.4) is 0 Å². The molecule has 5 heteroatoms. The van der Waals surface area contributed by atoms with E-state index in [-0.39, 0.29) is 17.6 Å². The summed E-state index contributed by atoms with van der Waals surface area (Å²) in [5.74, 6) is 0.354. The summed E-state index contributed by atoms with van der Waals surface area (Å²) in [5.41, 5.74) is 4.50. The van der Waals surface area contributed by atoms with Gasteiger partial charge in [-0.3, -0.25) is 4.79 Å². The molecule has 132 valence electrons. The third-order valence-corrected chi connectivity index (χ3v) is 4.31. The highest BCUT2D eigenvalue weighted by Crippen LogP contribution is 2.17. The first kappa shape index (κ1) is 17.6. The molecule has 0 aliphatic heterocycles. The Labute approximate surface area is 153 Å². The molecule has 1 atom stereocenters. The van der Waals surface area contributed by atoms with Crippen molar-refractivity contribution >= 4 is 17.4 Å². The highest BCUT2D eigenvalue weighted by atomic mass is 16.1. The van der Waals surface area contributed by atoms with E-state index in [4.69, 9.17) is 0 Å². The highest BCUT2D eigenvalue weighted by molar-refractivity contribution is 6.02. The van der Waals surface area contributed by atoms with Gasteiger partial charge in [0.15, 0.2) is 0 Å². The van der Waals surface area contributed by atoms with Gasteiger partial charge in [0.05, 0.1) is 12.4 Å². The number of aryl methyl sites for hydroxylation is 2. The molecule has 3 aromatic rings. The highest BCUT2D eigenvalue weighted by Gasteiger charge is 2.10. The Bertz CT molecular complexity index is 892. The molecule has 0 saturated heterocycles. The SMILES string of the molecule is Cc1ccc(NC(=O)c2cnc(NC(C)c3ccccc3)cn2)cc1C. The molecule has 5 nitrogen and oxygen atoms in total. The summed E-state index contributed by atoms with van der Waals surface area (Å²) in [4.78, 5) is 20.9. The van der Waals surface area contributed by atoms with E-state index in [1.54, 1.807) is 6.20 Å². The standard InChI is InChI=1S/C21H22N4O/c1-14-9-10-18(11-15(14)2)25-21(26)19-12-23-20(13-22-19)24-16(3)17-7-5-4-6-8-17/h4-13,16H,1-3H3,(H,23,24)(H,25,26). The van der Waals surface area contributed by atoms with E-state index in [0.717, 1.165) is 16.8 Å². The van der Waals surface area contributed by atoms with Crippen LogP contribution >= 0.6 is 0 Å². The number of anilines is 2. The predicted octanol–water partition coefficient (Wildman–Crippen LogP) is 4.52. The Morgan fingerprint density at radius 3 is 2.38 bits per heavy atom. The Morgan fingerprint density at radius 2 is 1.73 bits per heavy atom. The molecule has 26 heavy (non-hydrogen) atoms. The summed E-state index contributed by atoms with van der Waals surface area (Å²) < 4.78 is 0. The quantitative estimate of drug-likeness (QED) is 0.713. The van der Waals surface area contributed by atoms with Crippen molar-refractivity contribution in [3.8, 4) is 0 Å². The summed E-state index contributed by atoms with van der Waals surface area (Å²) >= 11 is 0. The Morgan fingerprint density at radius 1 is 0.962 bits per heavy atom. The zero-order chi connectivity index (χ0) is 18.5. The van der Waals surface area contributed by atoms with Crippen molar-refractivity contribution in [2.75, 3.05) is 10.6 Å². The minimum absolute atomic E-state index is 0.0979. The molecule has 2 aromatic carbocycles. The largest absolute Gasteiger partial charge is 0.362 e. The fourth-order valence-electron chi connectivity index (χ4n) is 2.58. The average Bonchev–Trinajstić information content (AvgIpc) is 2.66. The molecule has 0 bridgehead atoms. The number of carbonyl (C=O) groups is 1. The number of nitrogens with zero attached hydrogens (tertiary/aromatic N) is 2. The lowest BCUT2D eigenvalue weighted by molar-refractivity contribution is 0.102. The molecule has 2 N–H and O–H groups in total. The van der Waals surface area contributed by atoms with E-state index in [0.29, 0.717) is 5.82 Å². The van der Waals surface area contributed by atoms with Gasteiger partial charge in [0.1, 0.15) is 11.5 Å². The van der Waals surface area contributed by atoms with Crippen molar-refractivity contribution < 1.29 is 4.79 Å². The minimum atomic E-state index is -0.275. The first-order chi connectivity index (χ1) is 12.5. The maximum atomic E-state index is 12.3. The first-order valence-electron chi connectivity index (χ1n) is 8.55. The lowest BCUT2D eigenvalue weighted by atomic mass is 10.1. The lowest BCUT2D eigenvalue weighted by Gasteiger charge is -2.14. The van der Waals surface area contributed by atoms with Crippen LogP contribution in [0.1, 0.15) is 40.1 Å². The molecule has 1 unspecified atom stereocenters. The fraction of sp³-hybridized carbons (Fsp3) is 0.190. The molecule has 3 rings (SSSR count). The summed E-state index contributed by atoms with van der Waals surface area (Å²) in [6.45, 7) is 6.10. The van der Waals surface area contributed by atoms with Crippen molar-refractivity contribution in [2.24, 2.45) is 0 Å². The third kappa shape index (κ3) is 4.25. The molecule has 0 spiro atoms. The third-order valence-electron chi connectivity index (χ3n) is 4.31. The van der Waals surface area contributed by atoms with Crippen molar-refractivity contribution in [3.63, 3.8) is 0 Å². The average molecular weight is 346 g/mol. The van der Waals surface area contributed by atoms with Crippen molar-refractivity contribution in [3.05, 3.63) is 83.3 Å². The number of hydrogen-bond acceptors (Lipinski definition) is 4. The number of nitrogens with one attached hydrogen (secondary N) is 2. The van der Waals surface area contributed by atoms with Crippen molar-refractivity contribution in [1.29, 1.82) is 0 Å². The molecule has 1 aromatic heterocycles. The molecule has 0 fully saturated rings. The molecule has 1 amide bonds. The second-order valence-electron chi connectivity index (χ2n) is 6.32. The van der Waals surface area contributed by atoms with E-state index in [1.165, 1.54) is 11.8 Å². The molecule has 0 radical (unpaired) electrons. The van der Waals surface area contributed by atoms with Gasteiger partial charge in [0.2, 0.25) is 0 Å². The second kappa shape index (κ2) is 7.78. The molecule has 0 aliphatic rings. The van der Waals surface area contributed by atoms with Gasteiger partial charge in [0.25, 0.3) is 5.91 Å². The monoisotopic (exact) mass is 346 g/mol. The molecular formula is C21H22N4O. The van der Waals surface area contributed by atoms with Gasteiger partial charge in [-0.2, -0.15) is 0 Å². The predicted molar refractivity (Wildman–Crippen MR) is 104 cm³/mol. The van der Waals surface area contributed by atoms with Crippen LogP contribution < -0.4 is 10.6 Å². The van der Waals surface area contributed by atoms with Crippen LogP contribution in [0.4, 0.5) is 11.5 Å². The maximum absolute atomic E-state index is 12.3. The Kier molecular flexibility index (Phi) is 5.27. The van der Waals surface area contributed by atoms with Gasteiger partial charge in [-0.1, -0.05) is 36.4 Å². The Balaban J connectivity index is 1.65. The van der Waals surface area contributed by atoms with Crippen LogP contribution in [-0.2, 0) is 0 Å². The van der Waals surface area contributed by atoms with Crippen LogP contribution in [0.15, 0.2) is 60.9 Å². The summed E-state index contributed by atoms with van der Waals surface area (Å²) in [6, 6.07) is 16.0. The minimum Gasteiger partial charge on any atom is -0.362 e. The van der Waals surface area contributed by atoms with Crippen LogP contribution in [0.5, 0.6) is 0 Å². The van der Waals surface area contributed by atoms with Crippen molar-refractivity contribution in [2.45, 2.75) is 26.8 Å². The summed E-state index contributed by atoms with van der Waals surface area (Å²) in [5, 5.41) is 6.13. The van der Waals surface area contributed by atoms with Crippen LogP contribution in [0.25, 0.3) is 0 Å². The number of rotatable bonds is 5. The van der Waals surface area contributed by atoms with E-state index in [2.05, 4.69) is 39.7 Å². The summed E-state index contributed by atoms with van der Waals surface area (Å²) in [7, 11) is 0. The van der Waals surface area contributed by atoms with Gasteiger partial charge in [-0.15, -0.1) is 0 Å².